The molecule has 3 aromatic rings. The molecule has 0 aliphatic heterocycles. The van der Waals surface area contributed by atoms with Crippen molar-refractivity contribution in [2.75, 3.05) is 0 Å². The molecule has 5 heteroatoms. The lowest BCUT2D eigenvalue weighted by Crippen LogP contribution is -1.95. The fourth-order valence-electron chi connectivity index (χ4n) is 2.18. The van der Waals surface area contributed by atoms with Crippen LogP contribution in [0, 0.1) is 6.92 Å². The van der Waals surface area contributed by atoms with Crippen LogP contribution in [0.3, 0.4) is 0 Å². The second-order valence-electron chi connectivity index (χ2n) is 4.64. The van der Waals surface area contributed by atoms with Gasteiger partial charge in [0.1, 0.15) is 10.7 Å². The molecule has 2 nitrogen and oxygen atoms in total. The van der Waals surface area contributed by atoms with Gasteiger partial charge < -0.3 is 0 Å². The minimum absolute atomic E-state index is 0.261. The standard InChI is InChI=1S/C16H12F2N2S/c1-10-6-8-11(9-7-10)14-12-4-2-3-5-13(12)15(20-19-14)21-16(17)18/h2-9,16H,1H3. The van der Waals surface area contributed by atoms with Crippen LogP contribution < -0.4 is 0 Å². The molecular weight excluding hydrogens is 290 g/mol. The van der Waals surface area contributed by atoms with Crippen LogP contribution in [0.4, 0.5) is 8.78 Å². The average molecular weight is 302 g/mol. The maximum absolute atomic E-state index is 12.6. The van der Waals surface area contributed by atoms with Gasteiger partial charge in [0, 0.05) is 16.3 Å². The van der Waals surface area contributed by atoms with Gasteiger partial charge in [-0.25, -0.2) is 0 Å². The van der Waals surface area contributed by atoms with Gasteiger partial charge >= 0.3 is 0 Å². The summed E-state index contributed by atoms with van der Waals surface area (Å²) in [6.07, 6.45) is 0. The number of thioether (sulfide) groups is 1. The van der Waals surface area contributed by atoms with Gasteiger partial charge in [0.05, 0.1) is 0 Å². The normalized spacial score (nSPS) is 11.2. The first kappa shape index (κ1) is 13.9. The maximum atomic E-state index is 12.6. The van der Waals surface area contributed by atoms with Crippen molar-refractivity contribution in [1.82, 2.24) is 10.2 Å². The Bertz CT molecular complexity index is 773. The summed E-state index contributed by atoms with van der Waals surface area (Å²) in [5.41, 5.74) is 2.79. The second-order valence-corrected chi connectivity index (χ2v) is 5.62. The predicted molar refractivity (Wildman–Crippen MR) is 81.6 cm³/mol. The minimum Gasteiger partial charge on any atom is -0.198 e. The third-order valence-corrected chi connectivity index (χ3v) is 3.88. The summed E-state index contributed by atoms with van der Waals surface area (Å²) >= 11 is 0.427. The molecule has 0 atom stereocenters. The summed E-state index contributed by atoms with van der Waals surface area (Å²) in [4.78, 5) is 0. The quantitative estimate of drug-likeness (QED) is 0.642. The van der Waals surface area contributed by atoms with Crippen molar-refractivity contribution < 1.29 is 8.78 Å². The number of fused-ring (bicyclic) bond motifs is 1. The van der Waals surface area contributed by atoms with Gasteiger partial charge in [-0.05, 0) is 18.7 Å². The largest absolute Gasteiger partial charge is 0.290 e. The van der Waals surface area contributed by atoms with Crippen LogP contribution in [-0.4, -0.2) is 16.0 Å². The van der Waals surface area contributed by atoms with Gasteiger partial charge in [0.25, 0.3) is 5.76 Å². The first-order valence-electron chi connectivity index (χ1n) is 6.42. The summed E-state index contributed by atoms with van der Waals surface area (Å²) in [6, 6.07) is 15.3. The highest BCUT2D eigenvalue weighted by Crippen LogP contribution is 2.33. The number of benzene rings is 2. The Morgan fingerprint density at radius 2 is 1.57 bits per heavy atom. The van der Waals surface area contributed by atoms with Gasteiger partial charge in [-0.15, -0.1) is 10.2 Å². The molecule has 0 aliphatic carbocycles. The van der Waals surface area contributed by atoms with E-state index >= 15 is 0 Å². The summed E-state index contributed by atoms with van der Waals surface area (Å²) in [5, 5.41) is 9.93. The highest BCUT2D eigenvalue weighted by molar-refractivity contribution is 7.99. The van der Waals surface area contributed by atoms with E-state index in [1.165, 1.54) is 0 Å². The topological polar surface area (TPSA) is 25.8 Å². The zero-order valence-electron chi connectivity index (χ0n) is 11.3. The molecule has 1 aromatic heterocycles. The number of alkyl halides is 2. The highest BCUT2D eigenvalue weighted by atomic mass is 32.2. The van der Waals surface area contributed by atoms with Crippen LogP contribution in [-0.2, 0) is 0 Å². The van der Waals surface area contributed by atoms with Crippen molar-refractivity contribution in [3.63, 3.8) is 0 Å². The van der Waals surface area contributed by atoms with E-state index in [4.69, 9.17) is 0 Å². The molecule has 21 heavy (non-hydrogen) atoms. The SMILES string of the molecule is Cc1ccc(-c2nnc(SC(F)F)c3ccccc23)cc1. The Morgan fingerprint density at radius 3 is 2.24 bits per heavy atom. The molecule has 0 fully saturated rings. The van der Waals surface area contributed by atoms with Crippen LogP contribution >= 0.6 is 11.8 Å². The second kappa shape index (κ2) is 5.77. The molecule has 1 heterocycles. The van der Waals surface area contributed by atoms with Gasteiger partial charge in [-0.1, -0.05) is 54.1 Å². The Hall–Kier alpha value is -2.01. The monoisotopic (exact) mass is 302 g/mol. The zero-order valence-corrected chi connectivity index (χ0v) is 12.1. The van der Waals surface area contributed by atoms with Crippen LogP contribution in [0.2, 0.25) is 0 Å². The Labute approximate surface area is 125 Å². The minimum atomic E-state index is -2.51. The molecule has 0 saturated heterocycles. The average Bonchev–Trinajstić information content (AvgIpc) is 2.48. The Kier molecular flexibility index (Phi) is 3.84. The number of aromatic nitrogens is 2. The molecular formula is C16H12F2N2S. The molecule has 0 spiro atoms. The lowest BCUT2D eigenvalue weighted by atomic mass is 10.0. The Morgan fingerprint density at radius 1 is 0.905 bits per heavy atom. The van der Waals surface area contributed by atoms with Crippen molar-refractivity contribution in [3.8, 4) is 11.3 Å². The number of hydrogen-bond donors (Lipinski definition) is 0. The summed E-state index contributed by atoms with van der Waals surface area (Å²) in [5.74, 6) is -2.51. The van der Waals surface area contributed by atoms with E-state index in [1.807, 2.05) is 49.4 Å². The van der Waals surface area contributed by atoms with Crippen LogP contribution in [0.1, 0.15) is 5.56 Å². The van der Waals surface area contributed by atoms with Gasteiger partial charge in [0.15, 0.2) is 0 Å². The van der Waals surface area contributed by atoms with Crippen molar-refractivity contribution in [3.05, 3.63) is 54.1 Å². The van der Waals surface area contributed by atoms with Gasteiger partial charge in [0.2, 0.25) is 0 Å². The fourth-order valence-corrected chi connectivity index (χ4v) is 2.74. The molecule has 0 unspecified atom stereocenters. The van der Waals surface area contributed by atoms with Crippen molar-refractivity contribution >= 4 is 22.5 Å². The summed E-state index contributed by atoms with van der Waals surface area (Å²) in [7, 11) is 0. The number of hydrogen-bond acceptors (Lipinski definition) is 3. The third kappa shape index (κ3) is 2.88. The van der Waals surface area contributed by atoms with Crippen LogP contribution in [0.5, 0.6) is 0 Å². The van der Waals surface area contributed by atoms with Gasteiger partial charge in [-0.3, -0.25) is 0 Å². The zero-order chi connectivity index (χ0) is 14.8. The van der Waals surface area contributed by atoms with Crippen molar-refractivity contribution in [2.24, 2.45) is 0 Å². The summed E-state index contributed by atoms with van der Waals surface area (Å²) < 4.78 is 25.2. The molecule has 3 rings (SSSR count). The molecule has 0 amide bonds. The summed E-state index contributed by atoms with van der Waals surface area (Å²) in [6.45, 7) is 2.01. The molecule has 0 aliphatic rings. The van der Waals surface area contributed by atoms with Crippen molar-refractivity contribution in [1.29, 1.82) is 0 Å². The first-order valence-corrected chi connectivity index (χ1v) is 7.30. The smallest absolute Gasteiger partial charge is 0.198 e. The van der Waals surface area contributed by atoms with Crippen LogP contribution in [0.25, 0.3) is 22.0 Å². The number of halogens is 2. The maximum Gasteiger partial charge on any atom is 0.290 e. The van der Waals surface area contributed by atoms with Gasteiger partial charge in [-0.2, -0.15) is 8.78 Å². The molecule has 0 radical (unpaired) electrons. The van der Waals surface area contributed by atoms with E-state index in [0.29, 0.717) is 22.8 Å². The van der Waals surface area contributed by atoms with E-state index in [9.17, 15) is 8.78 Å². The predicted octanol–water partition coefficient (Wildman–Crippen LogP) is 4.92. The van der Waals surface area contributed by atoms with E-state index in [1.54, 1.807) is 6.07 Å². The van der Waals surface area contributed by atoms with E-state index in [-0.39, 0.29) is 5.03 Å². The number of aryl methyl sites for hydroxylation is 1. The molecule has 0 N–H and O–H groups in total. The van der Waals surface area contributed by atoms with E-state index in [2.05, 4.69) is 10.2 Å². The fraction of sp³-hybridized carbons (Fsp3) is 0.125. The number of rotatable bonds is 3. The Balaban J connectivity index is 2.19. The lowest BCUT2D eigenvalue weighted by molar-refractivity contribution is 0.252. The molecule has 0 saturated carbocycles. The number of nitrogens with zero attached hydrogens (tertiary/aromatic N) is 2. The van der Waals surface area contributed by atoms with Crippen LogP contribution in [0.15, 0.2) is 53.6 Å². The molecule has 2 aromatic carbocycles. The van der Waals surface area contributed by atoms with Crippen molar-refractivity contribution in [2.45, 2.75) is 17.7 Å². The first-order chi connectivity index (χ1) is 10.1. The lowest BCUT2D eigenvalue weighted by Gasteiger charge is -2.09. The molecule has 106 valence electrons. The van der Waals surface area contributed by atoms with E-state index < -0.39 is 5.76 Å². The third-order valence-electron chi connectivity index (χ3n) is 3.18. The molecule has 0 bridgehead atoms. The highest BCUT2D eigenvalue weighted by Gasteiger charge is 2.14. The van der Waals surface area contributed by atoms with E-state index in [0.717, 1.165) is 16.5 Å².